The summed E-state index contributed by atoms with van der Waals surface area (Å²) in [4.78, 5) is 12.4. The molecule has 3 saturated carbocycles. The second-order valence-electron chi connectivity index (χ2n) is 12.6. The number of carbonyl (C=O) groups excluding carboxylic acids is 1. The maximum Gasteiger partial charge on any atom is 0.155 e. The number of nitrogens with zero attached hydrogens (tertiary/aromatic N) is 1. The number of nitriles is 1. The van der Waals surface area contributed by atoms with E-state index in [1.165, 1.54) is 30.4 Å². The quantitative estimate of drug-likeness (QED) is 0.451. The summed E-state index contributed by atoms with van der Waals surface area (Å²) in [6.07, 6.45) is 12.1. The van der Waals surface area contributed by atoms with Crippen molar-refractivity contribution in [3.8, 4) is 22.9 Å². The normalized spacial score (nSPS) is 32.1. The zero-order valence-electron chi connectivity index (χ0n) is 22.5. The lowest BCUT2D eigenvalue weighted by Crippen LogP contribution is -2.48. The predicted molar refractivity (Wildman–Crippen MR) is 148 cm³/mol. The SMILES string of the molecule is C[C@@]12CCC[C@@H]1C1CCC3=CC(=O)CCC3C1[C@@H](c1c(-c3ccc(O)cc3)ccc(C#N)c1CCCO)C2. The highest BCUT2D eigenvalue weighted by Gasteiger charge is 2.56. The fourth-order valence-electron chi connectivity index (χ4n) is 9.23. The van der Waals surface area contributed by atoms with Crippen LogP contribution < -0.4 is 0 Å². The van der Waals surface area contributed by atoms with Crippen LogP contribution in [0, 0.1) is 40.4 Å². The first kappa shape index (κ1) is 25.4. The fourth-order valence-corrected chi connectivity index (χ4v) is 9.23. The van der Waals surface area contributed by atoms with Gasteiger partial charge in [0.1, 0.15) is 5.75 Å². The molecular weight excluding hydrogens is 470 g/mol. The number of aliphatic hydroxyl groups is 1. The summed E-state index contributed by atoms with van der Waals surface area (Å²) in [6, 6.07) is 14.0. The molecule has 4 aliphatic rings. The van der Waals surface area contributed by atoms with Gasteiger partial charge in [0.25, 0.3) is 0 Å². The maximum atomic E-state index is 12.4. The van der Waals surface area contributed by atoms with Crippen LogP contribution in [0.2, 0.25) is 0 Å². The predicted octanol–water partition coefficient (Wildman–Crippen LogP) is 7.08. The molecular formula is C34H39NO3. The molecule has 0 radical (unpaired) electrons. The van der Waals surface area contributed by atoms with Crippen LogP contribution in [-0.2, 0) is 11.2 Å². The van der Waals surface area contributed by atoms with E-state index in [0.29, 0.717) is 48.3 Å². The molecule has 4 heteroatoms. The second-order valence-corrected chi connectivity index (χ2v) is 12.6. The third kappa shape index (κ3) is 4.20. The number of rotatable bonds is 5. The number of hydrogen-bond donors (Lipinski definition) is 2. The van der Waals surface area contributed by atoms with Gasteiger partial charge in [0, 0.05) is 13.0 Å². The number of hydrogen-bond acceptors (Lipinski definition) is 4. The van der Waals surface area contributed by atoms with Gasteiger partial charge in [-0.15, -0.1) is 0 Å². The topological polar surface area (TPSA) is 81.3 Å². The molecule has 2 aromatic rings. The molecule has 0 amide bonds. The number of benzene rings is 2. The second kappa shape index (κ2) is 10.0. The average Bonchev–Trinajstić information content (AvgIpc) is 3.32. The molecule has 0 heterocycles. The van der Waals surface area contributed by atoms with E-state index in [0.717, 1.165) is 53.9 Å². The van der Waals surface area contributed by atoms with Gasteiger partial charge in [-0.05, 0) is 133 Å². The van der Waals surface area contributed by atoms with E-state index in [2.05, 4.69) is 19.1 Å². The zero-order chi connectivity index (χ0) is 26.4. The monoisotopic (exact) mass is 509 g/mol. The van der Waals surface area contributed by atoms with Crippen LogP contribution in [0.15, 0.2) is 48.0 Å². The van der Waals surface area contributed by atoms with Crippen molar-refractivity contribution < 1.29 is 15.0 Å². The van der Waals surface area contributed by atoms with E-state index in [9.17, 15) is 20.3 Å². The zero-order valence-corrected chi connectivity index (χ0v) is 22.5. The molecule has 198 valence electrons. The maximum absolute atomic E-state index is 12.4. The summed E-state index contributed by atoms with van der Waals surface area (Å²) in [5.74, 6) is 3.11. The summed E-state index contributed by atoms with van der Waals surface area (Å²) in [7, 11) is 0. The van der Waals surface area contributed by atoms with Gasteiger partial charge in [-0.1, -0.05) is 37.1 Å². The van der Waals surface area contributed by atoms with E-state index in [1.807, 2.05) is 24.3 Å². The minimum absolute atomic E-state index is 0.0991. The highest BCUT2D eigenvalue weighted by atomic mass is 16.3. The van der Waals surface area contributed by atoms with E-state index in [-0.39, 0.29) is 18.1 Å². The highest BCUT2D eigenvalue weighted by molar-refractivity contribution is 5.91. The number of fused-ring (bicyclic) bond motifs is 5. The van der Waals surface area contributed by atoms with Crippen molar-refractivity contribution in [2.75, 3.05) is 6.61 Å². The summed E-state index contributed by atoms with van der Waals surface area (Å²) in [5.41, 5.74) is 6.99. The summed E-state index contributed by atoms with van der Waals surface area (Å²) < 4.78 is 0. The van der Waals surface area contributed by atoms with Crippen molar-refractivity contribution in [2.24, 2.45) is 29.1 Å². The summed E-state index contributed by atoms with van der Waals surface area (Å²) >= 11 is 0. The molecule has 0 saturated heterocycles. The molecule has 0 aromatic heterocycles. The molecule has 4 nitrogen and oxygen atoms in total. The number of carbonyl (C=O) groups is 1. The lowest BCUT2D eigenvalue weighted by Gasteiger charge is -2.57. The third-order valence-electron chi connectivity index (χ3n) is 10.7. The smallest absolute Gasteiger partial charge is 0.155 e. The third-order valence-corrected chi connectivity index (χ3v) is 10.7. The van der Waals surface area contributed by atoms with Crippen molar-refractivity contribution in [1.29, 1.82) is 5.26 Å². The molecule has 6 rings (SSSR count). The number of phenolic OH excluding ortho intramolecular Hbond substituents is 1. The number of aromatic hydroxyl groups is 1. The van der Waals surface area contributed by atoms with E-state index in [1.54, 1.807) is 12.1 Å². The highest BCUT2D eigenvalue weighted by Crippen LogP contribution is 2.66. The Morgan fingerprint density at radius 3 is 2.63 bits per heavy atom. The Labute approximate surface area is 226 Å². The molecule has 2 N–H and O–H groups in total. The van der Waals surface area contributed by atoms with Gasteiger partial charge >= 0.3 is 0 Å². The molecule has 38 heavy (non-hydrogen) atoms. The number of ketones is 1. The van der Waals surface area contributed by atoms with Gasteiger partial charge in [-0.3, -0.25) is 4.79 Å². The van der Waals surface area contributed by atoms with Gasteiger partial charge in [0.15, 0.2) is 5.78 Å². The van der Waals surface area contributed by atoms with Crippen LogP contribution in [0.3, 0.4) is 0 Å². The van der Waals surface area contributed by atoms with Crippen molar-refractivity contribution in [3.63, 3.8) is 0 Å². The van der Waals surface area contributed by atoms with Crippen LogP contribution >= 0.6 is 0 Å². The molecule has 0 bridgehead atoms. The van der Waals surface area contributed by atoms with E-state index < -0.39 is 0 Å². The first-order valence-corrected chi connectivity index (χ1v) is 14.6. The summed E-state index contributed by atoms with van der Waals surface area (Å²) in [5, 5.41) is 30.0. The van der Waals surface area contributed by atoms with Gasteiger partial charge in [0.2, 0.25) is 0 Å². The lowest BCUT2D eigenvalue weighted by atomic mass is 9.47. The van der Waals surface area contributed by atoms with E-state index in [4.69, 9.17) is 0 Å². The van der Waals surface area contributed by atoms with Crippen LogP contribution in [-0.4, -0.2) is 22.6 Å². The molecule has 3 fully saturated rings. The molecule has 6 atom stereocenters. The molecule has 3 unspecified atom stereocenters. The standard InChI is InChI=1S/C34H39NO3/c1-34-16-2-5-31(34)29-14-8-22-18-25(38)12-15-28(22)33(29)30(19-34)32-26(4-3-17-36)23(20-35)9-13-27(32)21-6-10-24(37)11-7-21/h6-7,9-11,13,18,28-31,33,36-37H,2-5,8,12,14-17,19H2,1H3/t28?,29?,30-,31-,33?,34+/m1/s1. The van der Waals surface area contributed by atoms with Crippen molar-refractivity contribution in [2.45, 2.75) is 77.0 Å². The Kier molecular flexibility index (Phi) is 6.68. The van der Waals surface area contributed by atoms with Crippen molar-refractivity contribution in [1.82, 2.24) is 0 Å². The van der Waals surface area contributed by atoms with Crippen molar-refractivity contribution in [3.05, 3.63) is 64.7 Å². The Morgan fingerprint density at radius 2 is 1.87 bits per heavy atom. The molecule has 2 aromatic carbocycles. The van der Waals surface area contributed by atoms with Gasteiger partial charge in [-0.25, -0.2) is 0 Å². The van der Waals surface area contributed by atoms with Gasteiger partial charge in [0.05, 0.1) is 11.6 Å². The number of allylic oxidation sites excluding steroid dienone is 1. The van der Waals surface area contributed by atoms with Crippen LogP contribution in [0.5, 0.6) is 5.75 Å². The number of phenols is 1. The molecule has 4 aliphatic carbocycles. The van der Waals surface area contributed by atoms with Crippen LogP contribution in [0.4, 0.5) is 0 Å². The van der Waals surface area contributed by atoms with Gasteiger partial charge < -0.3 is 10.2 Å². The fraction of sp³-hybridized carbons (Fsp3) is 0.529. The van der Waals surface area contributed by atoms with Crippen LogP contribution in [0.1, 0.15) is 87.3 Å². The lowest BCUT2D eigenvalue weighted by molar-refractivity contribution is -0.116. The molecule has 0 aliphatic heterocycles. The van der Waals surface area contributed by atoms with E-state index >= 15 is 0 Å². The minimum atomic E-state index is 0.0991. The van der Waals surface area contributed by atoms with Crippen molar-refractivity contribution >= 4 is 5.78 Å². The largest absolute Gasteiger partial charge is 0.508 e. The summed E-state index contributed by atoms with van der Waals surface area (Å²) in [6.45, 7) is 2.62. The Morgan fingerprint density at radius 1 is 1.05 bits per heavy atom. The number of aliphatic hydroxyl groups excluding tert-OH is 1. The van der Waals surface area contributed by atoms with Gasteiger partial charge in [-0.2, -0.15) is 5.26 Å². The first-order chi connectivity index (χ1) is 18.4. The van der Waals surface area contributed by atoms with Crippen LogP contribution in [0.25, 0.3) is 11.1 Å². The Bertz CT molecular complexity index is 1300. The minimum Gasteiger partial charge on any atom is -0.508 e. The molecule has 0 spiro atoms. The first-order valence-electron chi connectivity index (χ1n) is 14.6. The average molecular weight is 510 g/mol. The Hall–Kier alpha value is -2.90. The Balaban J connectivity index is 1.58.